The van der Waals surface area contributed by atoms with E-state index in [1.54, 1.807) is 0 Å². The third kappa shape index (κ3) is 1.15. The predicted molar refractivity (Wildman–Crippen MR) is 49.1 cm³/mol. The Bertz CT molecular complexity index is 263. The largest absolute Gasteiger partial charge is 0.282 e. The van der Waals surface area contributed by atoms with Gasteiger partial charge in [-0.15, -0.1) is 0 Å². The van der Waals surface area contributed by atoms with E-state index in [4.69, 9.17) is 0 Å². The monoisotopic (exact) mass is 164 g/mol. The number of aromatic nitrogens is 2. The summed E-state index contributed by atoms with van der Waals surface area (Å²) < 4.78 is 0. The van der Waals surface area contributed by atoms with Crippen molar-refractivity contribution in [1.29, 1.82) is 0 Å². The normalized spacial score (nSPS) is 22.8. The molecule has 0 saturated heterocycles. The minimum atomic E-state index is 0.719. The highest BCUT2D eigenvalue weighted by atomic mass is 15.1. The molecule has 0 radical (unpaired) electrons. The molecular weight excluding hydrogens is 148 g/mol. The molecule has 1 atom stereocenters. The molecule has 12 heavy (non-hydrogen) atoms. The number of nitrogens with one attached hydrogen (secondary N) is 1. The Kier molecular flexibility index (Phi) is 1.91. The zero-order valence-corrected chi connectivity index (χ0v) is 7.80. The van der Waals surface area contributed by atoms with E-state index in [9.17, 15) is 0 Å². The molecule has 2 nitrogen and oxygen atoms in total. The molecule has 1 aromatic heterocycles. The topological polar surface area (TPSA) is 28.7 Å². The molecule has 0 amide bonds. The molecule has 1 heterocycles. The van der Waals surface area contributed by atoms with Gasteiger partial charge in [0, 0.05) is 11.6 Å². The van der Waals surface area contributed by atoms with E-state index in [0.29, 0.717) is 0 Å². The van der Waals surface area contributed by atoms with Crippen molar-refractivity contribution < 1.29 is 0 Å². The summed E-state index contributed by atoms with van der Waals surface area (Å²) in [5.41, 5.74) is 2.84. The second kappa shape index (κ2) is 2.92. The van der Waals surface area contributed by atoms with Gasteiger partial charge in [-0.25, -0.2) is 0 Å². The lowest BCUT2D eigenvalue weighted by molar-refractivity contribution is 0.425. The first kappa shape index (κ1) is 7.84. The lowest BCUT2D eigenvalue weighted by Crippen LogP contribution is -2.14. The van der Waals surface area contributed by atoms with Gasteiger partial charge >= 0.3 is 0 Å². The van der Waals surface area contributed by atoms with Crippen LogP contribution < -0.4 is 0 Å². The van der Waals surface area contributed by atoms with Crippen LogP contribution in [0.15, 0.2) is 6.20 Å². The summed E-state index contributed by atoms with van der Waals surface area (Å²) >= 11 is 0. The molecule has 1 aliphatic carbocycles. The summed E-state index contributed by atoms with van der Waals surface area (Å²) in [7, 11) is 0. The highest BCUT2D eigenvalue weighted by Gasteiger charge is 2.24. The summed E-state index contributed by atoms with van der Waals surface area (Å²) in [6, 6.07) is 0. The van der Waals surface area contributed by atoms with E-state index < -0.39 is 0 Å². The average molecular weight is 164 g/mol. The summed E-state index contributed by atoms with van der Waals surface area (Å²) in [5.74, 6) is 1.46. The van der Waals surface area contributed by atoms with Gasteiger partial charge in [0.2, 0.25) is 0 Å². The summed E-state index contributed by atoms with van der Waals surface area (Å²) in [5, 5.41) is 7.25. The Morgan fingerprint density at radius 1 is 1.58 bits per heavy atom. The summed E-state index contributed by atoms with van der Waals surface area (Å²) in [6.45, 7) is 4.58. The highest BCUT2D eigenvalue weighted by Crippen LogP contribution is 2.34. The molecule has 0 aromatic carbocycles. The van der Waals surface area contributed by atoms with Crippen LogP contribution in [0.5, 0.6) is 0 Å². The predicted octanol–water partition coefficient (Wildman–Crippen LogP) is 2.49. The van der Waals surface area contributed by atoms with Crippen LogP contribution >= 0.6 is 0 Å². The number of rotatable bonds is 1. The van der Waals surface area contributed by atoms with E-state index in [1.165, 1.54) is 30.5 Å². The minimum absolute atomic E-state index is 0.719. The number of hydrogen-bond acceptors (Lipinski definition) is 1. The third-order valence-corrected chi connectivity index (χ3v) is 2.89. The molecule has 0 aliphatic heterocycles. The van der Waals surface area contributed by atoms with Crippen LogP contribution in [-0.2, 0) is 6.42 Å². The van der Waals surface area contributed by atoms with Crippen LogP contribution in [-0.4, -0.2) is 10.2 Å². The van der Waals surface area contributed by atoms with Crippen molar-refractivity contribution in [3.8, 4) is 0 Å². The molecule has 1 aromatic rings. The number of hydrogen-bond donors (Lipinski definition) is 1. The van der Waals surface area contributed by atoms with Crippen LogP contribution in [0.4, 0.5) is 0 Å². The SMILES string of the molecule is CC(C)[C@H]1CCCc2cn[nH]c21. The fraction of sp³-hybridized carbons (Fsp3) is 0.700. The molecular formula is C10H16N2. The fourth-order valence-corrected chi connectivity index (χ4v) is 2.16. The maximum atomic E-state index is 4.11. The van der Waals surface area contributed by atoms with Crippen molar-refractivity contribution in [2.45, 2.75) is 39.0 Å². The first-order chi connectivity index (χ1) is 5.79. The Hall–Kier alpha value is -0.790. The first-order valence-corrected chi connectivity index (χ1v) is 4.81. The lowest BCUT2D eigenvalue weighted by Gasteiger charge is -2.24. The number of fused-ring (bicyclic) bond motifs is 1. The first-order valence-electron chi connectivity index (χ1n) is 4.81. The number of nitrogens with zero attached hydrogens (tertiary/aromatic N) is 1. The molecule has 2 rings (SSSR count). The molecule has 1 N–H and O–H groups in total. The van der Waals surface area contributed by atoms with Gasteiger partial charge in [0.05, 0.1) is 6.20 Å². The Morgan fingerprint density at radius 2 is 2.42 bits per heavy atom. The van der Waals surface area contributed by atoms with E-state index in [0.717, 1.165) is 11.8 Å². The van der Waals surface area contributed by atoms with Crippen molar-refractivity contribution in [1.82, 2.24) is 10.2 Å². The van der Waals surface area contributed by atoms with Crippen LogP contribution in [0.25, 0.3) is 0 Å². The number of aromatic amines is 1. The van der Waals surface area contributed by atoms with Gasteiger partial charge in [-0.3, -0.25) is 5.10 Å². The molecule has 0 unspecified atom stereocenters. The van der Waals surface area contributed by atoms with Crippen LogP contribution in [0, 0.1) is 5.92 Å². The van der Waals surface area contributed by atoms with E-state index >= 15 is 0 Å². The molecule has 0 fully saturated rings. The number of H-pyrrole nitrogens is 1. The van der Waals surface area contributed by atoms with E-state index in [2.05, 4.69) is 24.0 Å². The third-order valence-electron chi connectivity index (χ3n) is 2.89. The van der Waals surface area contributed by atoms with Crippen molar-refractivity contribution in [3.63, 3.8) is 0 Å². The second-order valence-corrected chi connectivity index (χ2v) is 4.05. The zero-order chi connectivity index (χ0) is 8.55. The summed E-state index contributed by atoms with van der Waals surface area (Å²) in [4.78, 5) is 0. The average Bonchev–Trinajstić information content (AvgIpc) is 2.49. The molecule has 0 saturated carbocycles. The second-order valence-electron chi connectivity index (χ2n) is 4.05. The van der Waals surface area contributed by atoms with Gasteiger partial charge in [0.1, 0.15) is 0 Å². The zero-order valence-electron chi connectivity index (χ0n) is 7.80. The number of aryl methyl sites for hydroxylation is 1. The van der Waals surface area contributed by atoms with Gasteiger partial charge in [0.25, 0.3) is 0 Å². The molecule has 66 valence electrons. The van der Waals surface area contributed by atoms with Crippen molar-refractivity contribution in [2.75, 3.05) is 0 Å². The van der Waals surface area contributed by atoms with Gasteiger partial charge < -0.3 is 0 Å². The fourth-order valence-electron chi connectivity index (χ4n) is 2.16. The minimum Gasteiger partial charge on any atom is -0.282 e. The standard InChI is InChI=1S/C10H16N2/c1-7(2)9-5-3-4-8-6-11-12-10(8)9/h6-7,9H,3-5H2,1-2H3,(H,11,12)/t9-/m1/s1. The smallest absolute Gasteiger partial charge is 0.0522 e. The van der Waals surface area contributed by atoms with Gasteiger partial charge in [-0.05, 0) is 30.7 Å². The molecule has 0 spiro atoms. The summed E-state index contributed by atoms with van der Waals surface area (Å²) in [6.07, 6.45) is 5.86. The van der Waals surface area contributed by atoms with E-state index in [1.807, 2.05) is 6.20 Å². The Labute approximate surface area is 73.4 Å². The molecule has 1 aliphatic rings. The molecule has 0 bridgehead atoms. The van der Waals surface area contributed by atoms with Crippen molar-refractivity contribution in [2.24, 2.45) is 5.92 Å². The van der Waals surface area contributed by atoms with Crippen LogP contribution in [0.3, 0.4) is 0 Å². The van der Waals surface area contributed by atoms with Crippen molar-refractivity contribution >= 4 is 0 Å². The van der Waals surface area contributed by atoms with E-state index in [-0.39, 0.29) is 0 Å². The maximum Gasteiger partial charge on any atom is 0.0522 e. The van der Waals surface area contributed by atoms with Gasteiger partial charge in [-0.1, -0.05) is 13.8 Å². The Morgan fingerprint density at radius 3 is 3.17 bits per heavy atom. The van der Waals surface area contributed by atoms with Crippen LogP contribution in [0.2, 0.25) is 0 Å². The highest BCUT2D eigenvalue weighted by molar-refractivity contribution is 5.23. The maximum absolute atomic E-state index is 4.11. The van der Waals surface area contributed by atoms with Gasteiger partial charge in [0.15, 0.2) is 0 Å². The quantitative estimate of drug-likeness (QED) is 0.678. The lowest BCUT2D eigenvalue weighted by atomic mass is 9.81. The van der Waals surface area contributed by atoms with Gasteiger partial charge in [-0.2, -0.15) is 5.10 Å². The van der Waals surface area contributed by atoms with Crippen LogP contribution in [0.1, 0.15) is 43.9 Å². The van der Waals surface area contributed by atoms with Crippen molar-refractivity contribution in [3.05, 3.63) is 17.5 Å². The molecule has 2 heteroatoms. The Balaban J connectivity index is 2.31.